The molecular weight excluding hydrogens is 701 g/mol. The topological polar surface area (TPSA) is 0 Å². The van der Waals surface area contributed by atoms with Crippen LogP contribution < -0.4 is 9.81 Å². The molecule has 0 saturated carbocycles. The monoisotopic (exact) mass is 724 g/mol. The largest absolute Gasteiger partial charge is 0.207 e. The second kappa shape index (κ2) is 11.6. The summed E-state index contributed by atoms with van der Waals surface area (Å²) >= 11 is 0.449. The summed E-state index contributed by atoms with van der Waals surface area (Å²) < 4.78 is 57.5. The number of hydrogen-bond donors (Lipinski definition) is 0. The van der Waals surface area contributed by atoms with Crippen molar-refractivity contribution in [3.63, 3.8) is 0 Å². The molecule has 0 heterocycles. The standard InChI is InChI=1S/C7H6BrF.3C7H6F.Bi/c1-5-4-6(9)2-3-7(5)8;3*1-6-3-2-4-7(8)5-6;/h2-4H,1H3;3*2,4-5H,1H3;. The first kappa shape index (κ1) is 26.6. The Morgan fingerprint density at radius 1 is 0.471 bits per heavy atom. The molecule has 0 aliphatic heterocycles. The van der Waals surface area contributed by atoms with Crippen molar-refractivity contribution in [3.05, 3.63) is 123 Å². The minimum absolute atomic E-state index is 0.185. The molecule has 0 amide bonds. The van der Waals surface area contributed by atoms with Crippen LogP contribution in [0.2, 0.25) is 0 Å². The van der Waals surface area contributed by atoms with Crippen LogP contribution in [0.3, 0.4) is 0 Å². The van der Waals surface area contributed by atoms with Crippen molar-refractivity contribution in [2.75, 3.05) is 0 Å². The summed E-state index contributed by atoms with van der Waals surface area (Å²) in [6.07, 6.45) is 0. The van der Waals surface area contributed by atoms with Gasteiger partial charge in [-0.25, -0.2) is 4.39 Å². The fraction of sp³-hybridized carbons (Fsp3) is 0.143. The number of hydrogen-bond acceptors (Lipinski definition) is 0. The Kier molecular flexibility index (Phi) is 9.06. The predicted molar refractivity (Wildman–Crippen MR) is 137 cm³/mol. The second-order valence-corrected chi connectivity index (χ2v) is 17.1. The van der Waals surface area contributed by atoms with Crippen LogP contribution in [0, 0.1) is 51.0 Å². The molecule has 6 heteroatoms. The molecule has 0 aliphatic carbocycles. The molecule has 0 aliphatic rings. The van der Waals surface area contributed by atoms with E-state index in [1.165, 1.54) is 48.5 Å². The fourth-order valence-corrected chi connectivity index (χ4v) is 14.4. The van der Waals surface area contributed by atoms with Crippen LogP contribution in [0.25, 0.3) is 0 Å². The molecule has 0 N–H and O–H groups in total. The number of aryl methyl sites for hydroxylation is 4. The van der Waals surface area contributed by atoms with Gasteiger partial charge in [-0.15, -0.1) is 0 Å². The first-order chi connectivity index (χ1) is 16.1. The summed E-state index contributed by atoms with van der Waals surface area (Å²) in [5.74, 6) is -0.985. The Bertz CT molecular complexity index is 1200. The average molecular weight is 725 g/mol. The van der Waals surface area contributed by atoms with Crippen molar-refractivity contribution in [2.45, 2.75) is 27.7 Å². The van der Waals surface area contributed by atoms with E-state index in [0.29, 0.717) is 0 Å². The maximum absolute atomic E-state index is 13.6. The van der Waals surface area contributed by atoms with E-state index < -0.39 is 21.8 Å². The minimum atomic E-state index is -2.81. The van der Waals surface area contributed by atoms with Gasteiger partial charge in [-0.2, -0.15) is 0 Å². The van der Waals surface area contributed by atoms with Gasteiger partial charge in [0.25, 0.3) is 0 Å². The third-order valence-corrected chi connectivity index (χ3v) is 17.7. The smallest absolute Gasteiger partial charge is 0.123 e. The van der Waals surface area contributed by atoms with Crippen LogP contribution in [0.4, 0.5) is 17.6 Å². The minimum Gasteiger partial charge on any atom is -0.207 e. The maximum atomic E-state index is 13.6. The van der Waals surface area contributed by atoms with Crippen LogP contribution in [0.15, 0.2) is 77.3 Å². The second-order valence-electron chi connectivity index (χ2n) is 8.02. The molecule has 0 nitrogen and oxygen atoms in total. The van der Waals surface area contributed by atoms with E-state index in [2.05, 4.69) is 15.9 Å². The molecule has 4 aromatic rings. The molecule has 0 fully saturated rings. The predicted octanol–water partition coefficient (Wildman–Crippen LogP) is 6.44. The first-order valence-corrected chi connectivity index (χ1v) is 16.6. The fourth-order valence-electron chi connectivity index (χ4n) is 3.61. The SMILES string of the molecule is Cc1cc(F)cc[c]1[Bi]([c]1ccc(F)cc1C)[c]1ccc(F)cc1C.Cc1cc(F)ccc1Br. The summed E-state index contributed by atoms with van der Waals surface area (Å²) in [4.78, 5) is 0. The molecule has 176 valence electrons. The summed E-state index contributed by atoms with van der Waals surface area (Å²) in [5.41, 5.74) is 3.61. The Morgan fingerprint density at radius 3 is 1.03 bits per heavy atom. The molecule has 4 aromatic carbocycles. The quantitative estimate of drug-likeness (QED) is 0.169. The molecule has 0 spiro atoms. The van der Waals surface area contributed by atoms with Crippen LogP contribution in [-0.4, -0.2) is 21.8 Å². The van der Waals surface area contributed by atoms with Crippen molar-refractivity contribution in [1.82, 2.24) is 0 Å². The molecule has 0 aromatic heterocycles. The van der Waals surface area contributed by atoms with E-state index in [0.717, 1.165) is 36.5 Å². The molecule has 4 rings (SSSR count). The van der Waals surface area contributed by atoms with Gasteiger partial charge in [0.05, 0.1) is 0 Å². The third kappa shape index (κ3) is 6.55. The van der Waals surface area contributed by atoms with Gasteiger partial charge in [0, 0.05) is 4.47 Å². The van der Waals surface area contributed by atoms with Gasteiger partial charge in [-0.3, -0.25) is 0 Å². The van der Waals surface area contributed by atoms with Gasteiger partial charge in [0.15, 0.2) is 0 Å². The molecular formula is C28H24BiBrF4. The Hall–Kier alpha value is -2.04. The van der Waals surface area contributed by atoms with Crippen molar-refractivity contribution in [1.29, 1.82) is 0 Å². The Balaban J connectivity index is 0.000000302. The van der Waals surface area contributed by atoms with Gasteiger partial charge in [-0.1, -0.05) is 15.9 Å². The molecule has 0 unspecified atom stereocenters. The van der Waals surface area contributed by atoms with Crippen LogP contribution in [0.1, 0.15) is 22.3 Å². The molecule has 0 bridgehead atoms. The van der Waals surface area contributed by atoms with Crippen molar-refractivity contribution >= 4 is 47.5 Å². The molecule has 0 atom stereocenters. The number of benzene rings is 4. The van der Waals surface area contributed by atoms with E-state index in [-0.39, 0.29) is 23.3 Å². The average Bonchev–Trinajstić information content (AvgIpc) is 2.75. The van der Waals surface area contributed by atoms with Gasteiger partial charge >= 0.3 is 154 Å². The zero-order valence-electron chi connectivity index (χ0n) is 19.3. The van der Waals surface area contributed by atoms with Crippen molar-refractivity contribution < 1.29 is 17.6 Å². The van der Waals surface area contributed by atoms with Crippen molar-refractivity contribution in [3.8, 4) is 0 Å². The normalized spacial score (nSPS) is 10.8. The summed E-state index contributed by atoms with van der Waals surface area (Å²) in [6, 6.07) is 19.2. The van der Waals surface area contributed by atoms with E-state index in [1.807, 2.05) is 45.9 Å². The van der Waals surface area contributed by atoms with Gasteiger partial charge in [0.2, 0.25) is 0 Å². The maximum Gasteiger partial charge on any atom is 0.123 e. The van der Waals surface area contributed by atoms with E-state index in [1.54, 1.807) is 6.07 Å². The third-order valence-electron chi connectivity index (χ3n) is 5.32. The first-order valence-electron chi connectivity index (χ1n) is 10.6. The Morgan fingerprint density at radius 2 is 0.765 bits per heavy atom. The van der Waals surface area contributed by atoms with E-state index in [4.69, 9.17) is 0 Å². The van der Waals surface area contributed by atoms with Crippen LogP contribution in [0.5, 0.6) is 0 Å². The van der Waals surface area contributed by atoms with Crippen LogP contribution in [-0.2, 0) is 0 Å². The molecule has 0 saturated heterocycles. The van der Waals surface area contributed by atoms with Gasteiger partial charge in [0.1, 0.15) is 5.82 Å². The van der Waals surface area contributed by atoms with E-state index in [9.17, 15) is 17.6 Å². The molecule has 34 heavy (non-hydrogen) atoms. The summed E-state index contributed by atoms with van der Waals surface area (Å²) in [5, 5.41) is 0. The zero-order chi connectivity index (χ0) is 25.0. The van der Waals surface area contributed by atoms with Gasteiger partial charge in [-0.05, 0) is 30.7 Å². The Labute approximate surface area is 214 Å². The van der Waals surface area contributed by atoms with Gasteiger partial charge < -0.3 is 0 Å². The van der Waals surface area contributed by atoms with Crippen LogP contribution >= 0.6 is 15.9 Å². The molecule has 0 radical (unpaired) electrons. The number of halogens is 5. The zero-order valence-corrected chi connectivity index (χ0v) is 24.3. The van der Waals surface area contributed by atoms with E-state index >= 15 is 0 Å². The summed E-state index contributed by atoms with van der Waals surface area (Å²) in [7, 11) is 0. The number of rotatable bonds is 3. The summed E-state index contributed by atoms with van der Waals surface area (Å²) in [6.45, 7) is 7.56. The van der Waals surface area contributed by atoms with Crippen molar-refractivity contribution in [2.24, 2.45) is 0 Å².